The van der Waals surface area contributed by atoms with E-state index in [4.69, 9.17) is 0 Å². The van der Waals surface area contributed by atoms with Gasteiger partial charge in [0.2, 0.25) is 5.91 Å². The van der Waals surface area contributed by atoms with Gasteiger partial charge in [0.1, 0.15) is 5.82 Å². The number of nitrogens with zero attached hydrogens (tertiary/aromatic N) is 2. The smallest absolute Gasteiger partial charge is 0.224 e. The van der Waals surface area contributed by atoms with Crippen LogP contribution in [0.15, 0.2) is 24.3 Å². The third-order valence-electron chi connectivity index (χ3n) is 5.12. The van der Waals surface area contributed by atoms with Crippen LogP contribution in [0.4, 0.5) is 10.1 Å². The lowest BCUT2D eigenvalue weighted by molar-refractivity contribution is -0.116. The van der Waals surface area contributed by atoms with Crippen LogP contribution in [0.2, 0.25) is 0 Å². The maximum Gasteiger partial charge on any atom is 0.224 e. The van der Waals surface area contributed by atoms with Crippen molar-refractivity contribution in [3.63, 3.8) is 0 Å². The second-order valence-electron chi connectivity index (χ2n) is 7.07. The Morgan fingerprint density at radius 2 is 2.08 bits per heavy atom. The maximum absolute atomic E-state index is 13.4. The molecule has 0 bridgehead atoms. The summed E-state index contributed by atoms with van der Waals surface area (Å²) in [7, 11) is 0. The lowest BCUT2D eigenvalue weighted by Crippen LogP contribution is -2.14. The number of benzene rings is 1. The number of aromatic nitrogens is 2. The monoisotopic (exact) mass is 343 g/mol. The van der Waals surface area contributed by atoms with E-state index in [0.717, 1.165) is 29.1 Å². The second kappa shape index (κ2) is 7.81. The molecule has 1 heterocycles. The summed E-state index contributed by atoms with van der Waals surface area (Å²) in [6, 6.07) is 6.51. The van der Waals surface area contributed by atoms with Gasteiger partial charge in [-0.15, -0.1) is 0 Å². The highest BCUT2D eigenvalue weighted by Crippen LogP contribution is 2.29. The van der Waals surface area contributed by atoms with E-state index in [-0.39, 0.29) is 11.7 Å². The molecule has 0 radical (unpaired) electrons. The molecule has 1 amide bonds. The fraction of sp³-hybridized carbons (Fsp3) is 0.500. The number of amides is 1. The summed E-state index contributed by atoms with van der Waals surface area (Å²) in [5.41, 5.74) is 3.33. The quantitative estimate of drug-likeness (QED) is 0.833. The molecule has 2 aromatic rings. The number of nitrogens with one attached hydrogen (secondary N) is 1. The van der Waals surface area contributed by atoms with Crippen LogP contribution in [0.25, 0.3) is 0 Å². The molecule has 25 heavy (non-hydrogen) atoms. The zero-order valence-corrected chi connectivity index (χ0v) is 15.0. The topological polar surface area (TPSA) is 46.9 Å². The van der Waals surface area contributed by atoms with Gasteiger partial charge in [-0.05, 0) is 43.9 Å². The fourth-order valence-corrected chi connectivity index (χ4v) is 3.68. The predicted octanol–water partition coefficient (Wildman–Crippen LogP) is 4.60. The van der Waals surface area contributed by atoms with E-state index in [2.05, 4.69) is 10.4 Å². The molecule has 1 N–H and O–H groups in total. The number of rotatable bonds is 6. The molecule has 0 unspecified atom stereocenters. The average molecular weight is 343 g/mol. The molecule has 4 nitrogen and oxygen atoms in total. The van der Waals surface area contributed by atoms with Crippen molar-refractivity contribution in [2.24, 2.45) is 5.92 Å². The maximum atomic E-state index is 13.4. The number of carbonyl (C=O) groups excluding carboxylic acids is 1. The Morgan fingerprint density at radius 3 is 2.80 bits per heavy atom. The van der Waals surface area contributed by atoms with Crippen molar-refractivity contribution in [3.05, 3.63) is 47.0 Å². The first-order valence-corrected chi connectivity index (χ1v) is 9.11. The van der Waals surface area contributed by atoms with Gasteiger partial charge >= 0.3 is 0 Å². The van der Waals surface area contributed by atoms with Gasteiger partial charge < -0.3 is 5.32 Å². The van der Waals surface area contributed by atoms with Gasteiger partial charge in [0.15, 0.2) is 0 Å². The van der Waals surface area contributed by atoms with E-state index >= 15 is 0 Å². The van der Waals surface area contributed by atoms with Crippen LogP contribution in [0.3, 0.4) is 0 Å². The van der Waals surface area contributed by atoms with Crippen LogP contribution in [0.5, 0.6) is 0 Å². The summed E-state index contributed by atoms with van der Waals surface area (Å²) in [4.78, 5) is 12.3. The minimum Gasteiger partial charge on any atom is -0.323 e. The van der Waals surface area contributed by atoms with Gasteiger partial charge in [-0.1, -0.05) is 37.8 Å². The number of carbonyl (C=O) groups is 1. The number of halogens is 1. The lowest BCUT2D eigenvalue weighted by atomic mass is 10.0. The normalized spacial score (nSPS) is 14.8. The standard InChI is InChI=1S/C20H26FN3O/c1-14-20(22-19(25)11-10-16-6-3-4-7-16)15(2)24(23-14)13-17-8-5-9-18(21)12-17/h5,8-9,12,16H,3-4,6-7,10-11,13H2,1-2H3,(H,22,25). The van der Waals surface area contributed by atoms with Gasteiger partial charge in [-0.2, -0.15) is 5.10 Å². The van der Waals surface area contributed by atoms with Gasteiger partial charge in [-0.3, -0.25) is 9.48 Å². The van der Waals surface area contributed by atoms with E-state index in [0.29, 0.717) is 18.9 Å². The molecule has 1 aromatic carbocycles. The van der Waals surface area contributed by atoms with Crippen molar-refractivity contribution in [1.82, 2.24) is 9.78 Å². The van der Waals surface area contributed by atoms with Gasteiger partial charge in [-0.25, -0.2) is 4.39 Å². The number of hydrogen-bond donors (Lipinski definition) is 1. The summed E-state index contributed by atoms with van der Waals surface area (Å²) < 4.78 is 15.2. The number of aryl methyl sites for hydroxylation is 1. The molecule has 1 fully saturated rings. The highest BCUT2D eigenvalue weighted by molar-refractivity contribution is 5.91. The van der Waals surface area contributed by atoms with Crippen LogP contribution in [0, 0.1) is 25.6 Å². The third kappa shape index (κ3) is 4.47. The van der Waals surface area contributed by atoms with Crippen LogP contribution in [-0.2, 0) is 11.3 Å². The average Bonchev–Trinajstić information content (AvgIpc) is 3.17. The minimum absolute atomic E-state index is 0.0587. The zero-order chi connectivity index (χ0) is 17.8. The van der Waals surface area contributed by atoms with E-state index in [1.54, 1.807) is 6.07 Å². The highest BCUT2D eigenvalue weighted by atomic mass is 19.1. The molecule has 1 aromatic heterocycles. The second-order valence-corrected chi connectivity index (χ2v) is 7.07. The molecule has 134 valence electrons. The molecule has 0 aliphatic heterocycles. The molecule has 5 heteroatoms. The Balaban J connectivity index is 1.63. The summed E-state index contributed by atoms with van der Waals surface area (Å²) in [6.07, 6.45) is 6.67. The van der Waals surface area contributed by atoms with Crippen LogP contribution >= 0.6 is 0 Å². The summed E-state index contributed by atoms with van der Waals surface area (Å²) in [6.45, 7) is 4.32. The van der Waals surface area contributed by atoms with Crippen molar-refractivity contribution in [2.45, 2.75) is 58.9 Å². The summed E-state index contributed by atoms with van der Waals surface area (Å²) >= 11 is 0. The van der Waals surface area contributed by atoms with Crippen molar-refractivity contribution < 1.29 is 9.18 Å². The van der Waals surface area contributed by atoms with Gasteiger partial charge in [0, 0.05) is 6.42 Å². The minimum atomic E-state index is -0.250. The molecule has 1 saturated carbocycles. The first kappa shape index (κ1) is 17.6. The Kier molecular flexibility index (Phi) is 5.51. The molecule has 3 rings (SSSR count). The van der Waals surface area contributed by atoms with Crippen LogP contribution in [-0.4, -0.2) is 15.7 Å². The molecule has 0 spiro atoms. The van der Waals surface area contributed by atoms with Crippen LogP contribution in [0.1, 0.15) is 55.5 Å². The number of hydrogen-bond acceptors (Lipinski definition) is 2. The largest absolute Gasteiger partial charge is 0.323 e. The first-order valence-electron chi connectivity index (χ1n) is 9.11. The first-order chi connectivity index (χ1) is 12.0. The van der Waals surface area contributed by atoms with Crippen molar-refractivity contribution >= 4 is 11.6 Å². The molecular weight excluding hydrogens is 317 g/mol. The lowest BCUT2D eigenvalue weighted by Gasteiger charge is -2.10. The molecule has 0 atom stereocenters. The predicted molar refractivity (Wildman–Crippen MR) is 97.0 cm³/mol. The highest BCUT2D eigenvalue weighted by Gasteiger charge is 2.18. The molecule has 1 aliphatic carbocycles. The molecule has 1 aliphatic rings. The van der Waals surface area contributed by atoms with Crippen LogP contribution < -0.4 is 5.32 Å². The summed E-state index contributed by atoms with van der Waals surface area (Å²) in [5.74, 6) is 0.520. The van der Waals surface area contributed by atoms with E-state index in [1.165, 1.54) is 37.8 Å². The Hall–Kier alpha value is -2.17. The van der Waals surface area contributed by atoms with Gasteiger partial charge in [0.25, 0.3) is 0 Å². The molecule has 0 saturated heterocycles. The Morgan fingerprint density at radius 1 is 1.32 bits per heavy atom. The van der Waals surface area contributed by atoms with E-state index in [9.17, 15) is 9.18 Å². The Labute approximate surface area is 148 Å². The van der Waals surface area contributed by atoms with Crippen molar-refractivity contribution in [1.29, 1.82) is 0 Å². The zero-order valence-electron chi connectivity index (χ0n) is 15.0. The van der Waals surface area contributed by atoms with E-state index in [1.807, 2.05) is 24.6 Å². The summed E-state index contributed by atoms with van der Waals surface area (Å²) in [5, 5.41) is 7.53. The fourth-order valence-electron chi connectivity index (χ4n) is 3.68. The van der Waals surface area contributed by atoms with Crippen molar-refractivity contribution in [3.8, 4) is 0 Å². The SMILES string of the molecule is Cc1nn(Cc2cccc(F)c2)c(C)c1NC(=O)CCC1CCCC1. The van der Waals surface area contributed by atoms with Gasteiger partial charge in [0.05, 0.1) is 23.6 Å². The van der Waals surface area contributed by atoms with E-state index < -0.39 is 0 Å². The molecular formula is C20H26FN3O. The third-order valence-corrected chi connectivity index (χ3v) is 5.12. The Bertz CT molecular complexity index is 747. The number of anilines is 1. The van der Waals surface area contributed by atoms with Crippen molar-refractivity contribution in [2.75, 3.05) is 5.32 Å².